The van der Waals surface area contributed by atoms with Gasteiger partial charge in [-0.1, -0.05) is 6.92 Å². The van der Waals surface area contributed by atoms with Crippen molar-refractivity contribution in [1.29, 1.82) is 0 Å². The first kappa shape index (κ1) is 22.3. The Hall–Kier alpha value is 0.260. The molecule has 0 aliphatic carbocycles. The normalized spacial score (nSPS) is 20.0. The zero-order chi connectivity index (χ0) is 15.9. The summed E-state index contributed by atoms with van der Waals surface area (Å²) in [7, 11) is -1.48. The van der Waals surface area contributed by atoms with Gasteiger partial charge >= 0.3 is 0 Å². The summed E-state index contributed by atoms with van der Waals surface area (Å²) in [5.74, 6) is 1.95. The molecule has 1 rings (SSSR count). The minimum absolute atomic E-state index is 0. The molecule has 1 saturated heterocycles. The van der Waals surface area contributed by atoms with Crippen LogP contribution >= 0.6 is 35.7 Å². The Balaban J connectivity index is 0.00000441. The average molecular weight is 464 g/mol. The molecular formula is C13H29IN4O2S2. The van der Waals surface area contributed by atoms with Crippen molar-refractivity contribution in [2.24, 2.45) is 4.99 Å². The molecule has 0 amide bonds. The van der Waals surface area contributed by atoms with Crippen LogP contribution in [0.1, 0.15) is 27.2 Å². The topological polar surface area (TPSA) is 73.8 Å². The molecule has 6 nitrogen and oxygen atoms in total. The molecule has 0 aromatic rings. The van der Waals surface area contributed by atoms with E-state index in [1.807, 2.05) is 25.6 Å². The second kappa shape index (κ2) is 10.9. The zero-order valence-corrected chi connectivity index (χ0v) is 17.8. The zero-order valence-electron chi connectivity index (χ0n) is 13.8. The van der Waals surface area contributed by atoms with Gasteiger partial charge in [0.15, 0.2) is 5.96 Å². The van der Waals surface area contributed by atoms with Crippen molar-refractivity contribution < 1.29 is 8.42 Å². The van der Waals surface area contributed by atoms with Gasteiger partial charge in [-0.15, -0.1) is 24.0 Å². The third-order valence-corrected chi connectivity index (χ3v) is 6.12. The number of sulfonamides is 1. The molecule has 1 aliphatic rings. The fourth-order valence-corrected chi connectivity index (χ4v) is 4.59. The number of guanidine groups is 1. The first-order valence-electron chi connectivity index (χ1n) is 7.45. The molecule has 0 radical (unpaired) electrons. The lowest BCUT2D eigenvalue weighted by Gasteiger charge is -2.34. The maximum absolute atomic E-state index is 11.8. The second-order valence-electron chi connectivity index (χ2n) is 5.41. The lowest BCUT2D eigenvalue weighted by Crippen LogP contribution is -2.49. The van der Waals surface area contributed by atoms with Gasteiger partial charge in [-0.05, 0) is 20.3 Å². The van der Waals surface area contributed by atoms with Gasteiger partial charge in [-0.3, -0.25) is 4.99 Å². The smallest absolute Gasteiger partial charge is 0.213 e. The van der Waals surface area contributed by atoms with Crippen molar-refractivity contribution in [3.8, 4) is 0 Å². The second-order valence-corrected chi connectivity index (χ2v) is 8.69. The van der Waals surface area contributed by atoms with E-state index in [9.17, 15) is 8.42 Å². The Bertz CT molecular complexity index is 443. The van der Waals surface area contributed by atoms with Crippen molar-refractivity contribution in [1.82, 2.24) is 14.9 Å². The van der Waals surface area contributed by atoms with E-state index in [0.29, 0.717) is 11.8 Å². The minimum Gasteiger partial charge on any atom is -0.355 e. The minimum atomic E-state index is -3.22. The van der Waals surface area contributed by atoms with Gasteiger partial charge in [0.05, 0.1) is 5.75 Å². The molecule has 2 N–H and O–H groups in total. The van der Waals surface area contributed by atoms with Crippen LogP contribution in [0.2, 0.25) is 0 Å². The summed E-state index contributed by atoms with van der Waals surface area (Å²) in [6.07, 6.45) is 1.14. The molecule has 0 aromatic carbocycles. The van der Waals surface area contributed by atoms with Crippen LogP contribution < -0.4 is 10.0 Å². The highest BCUT2D eigenvalue weighted by Gasteiger charge is 2.21. The van der Waals surface area contributed by atoms with Crippen molar-refractivity contribution in [3.05, 3.63) is 0 Å². The van der Waals surface area contributed by atoms with Crippen molar-refractivity contribution >= 4 is 51.7 Å². The summed E-state index contributed by atoms with van der Waals surface area (Å²) in [5.41, 5.74) is 0. The van der Waals surface area contributed by atoms with Gasteiger partial charge in [0.1, 0.15) is 0 Å². The van der Waals surface area contributed by atoms with Gasteiger partial charge in [-0.2, -0.15) is 11.8 Å². The molecule has 1 aliphatic heterocycles. The fraction of sp³-hybridized carbons (Fsp3) is 0.923. The molecule has 22 heavy (non-hydrogen) atoms. The lowest BCUT2D eigenvalue weighted by molar-refractivity contribution is 0.409. The number of halogens is 1. The number of nitrogens with zero attached hydrogens (tertiary/aromatic N) is 2. The maximum Gasteiger partial charge on any atom is 0.213 e. The van der Waals surface area contributed by atoms with Crippen LogP contribution in [0, 0.1) is 0 Å². The Morgan fingerprint density at radius 1 is 1.45 bits per heavy atom. The molecule has 1 heterocycles. The SMILES string of the molecule is CCC1CN(C(=NC)NCCS(=O)(=O)NC(C)C)CCS1.I. The van der Waals surface area contributed by atoms with Crippen LogP contribution in [0.3, 0.4) is 0 Å². The van der Waals surface area contributed by atoms with E-state index in [1.165, 1.54) is 0 Å². The van der Waals surface area contributed by atoms with Gasteiger partial charge in [0, 0.05) is 43.7 Å². The predicted molar refractivity (Wildman–Crippen MR) is 107 cm³/mol. The Kier molecular flexibility index (Phi) is 11.1. The number of aliphatic imine (C=N–C) groups is 1. The third-order valence-electron chi connectivity index (χ3n) is 3.17. The van der Waals surface area contributed by atoms with Crippen LogP contribution in [0.4, 0.5) is 0 Å². The monoisotopic (exact) mass is 464 g/mol. The van der Waals surface area contributed by atoms with Crippen molar-refractivity contribution in [2.75, 3.05) is 38.2 Å². The number of hydrogen-bond donors (Lipinski definition) is 2. The quantitative estimate of drug-likeness (QED) is 0.353. The summed E-state index contributed by atoms with van der Waals surface area (Å²) in [6.45, 7) is 8.13. The Labute approximate surface area is 156 Å². The number of nitrogens with one attached hydrogen (secondary N) is 2. The highest BCUT2D eigenvalue weighted by atomic mass is 127. The molecule has 1 fully saturated rings. The van der Waals surface area contributed by atoms with E-state index in [4.69, 9.17) is 0 Å². The summed E-state index contributed by atoms with van der Waals surface area (Å²) >= 11 is 2.00. The molecule has 1 atom stereocenters. The number of thioether (sulfide) groups is 1. The van der Waals surface area contributed by atoms with Crippen LogP contribution in [-0.2, 0) is 10.0 Å². The fourth-order valence-electron chi connectivity index (χ4n) is 2.21. The van der Waals surface area contributed by atoms with E-state index in [0.717, 1.165) is 31.2 Å². The predicted octanol–water partition coefficient (Wildman–Crippen LogP) is 1.33. The lowest BCUT2D eigenvalue weighted by atomic mass is 10.3. The van der Waals surface area contributed by atoms with E-state index in [-0.39, 0.29) is 35.8 Å². The molecule has 0 saturated carbocycles. The molecule has 1 unspecified atom stereocenters. The largest absolute Gasteiger partial charge is 0.355 e. The van der Waals surface area contributed by atoms with Gasteiger partial charge in [0.2, 0.25) is 10.0 Å². The van der Waals surface area contributed by atoms with E-state index >= 15 is 0 Å². The standard InChI is InChI=1S/C13H28N4O2S2.HI/c1-5-12-10-17(7-8-20-12)13(14-4)15-6-9-21(18,19)16-11(2)3;/h11-12,16H,5-10H2,1-4H3,(H,14,15);1H. The highest BCUT2D eigenvalue weighted by Crippen LogP contribution is 2.20. The Morgan fingerprint density at radius 2 is 2.14 bits per heavy atom. The average Bonchev–Trinajstić information content (AvgIpc) is 2.42. The van der Waals surface area contributed by atoms with E-state index in [1.54, 1.807) is 7.05 Å². The molecule has 132 valence electrons. The molecule has 0 spiro atoms. The van der Waals surface area contributed by atoms with Crippen LogP contribution in [0.15, 0.2) is 4.99 Å². The van der Waals surface area contributed by atoms with Gasteiger partial charge in [-0.25, -0.2) is 13.1 Å². The maximum atomic E-state index is 11.8. The van der Waals surface area contributed by atoms with Crippen LogP contribution in [-0.4, -0.2) is 68.8 Å². The van der Waals surface area contributed by atoms with Gasteiger partial charge in [0.25, 0.3) is 0 Å². The molecule has 0 aromatic heterocycles. The summed E-state index contributed by atoms with van der Waals surface area (Å²) < 4.78 is 26.1. The third kappa shape index (κ3) is 8.21. The van der Waals surface area contributed by atoms with Gasteiger partial charge < -0.3 is 10.2 Å². The van der Waals surface area contributed by atoms with Crippen LogP contribution in [0.25, 0.3) is 0 Å². The molecule has 0 bridgehead atoms. The summed E-state index contributed by atoms with van der Waals surface area (Å²) in [5, 5.41) is 3.79. The number of rotatable bonds is 6. The highest BCUT2D eigenvalue weighted by molar-refractivity contribution is 14.0. The number of hydrogen-bond acceptors (Lipinski definition) is 4. The van der Waals surface area contributed by atoms with Crippen molar-refractivity contribution in [3.63, 3.8) is 0 Å². The summed E-state index contributed by atoms with van der Waals surface area (Å²) in [4.78, 5) is 6.48. The van der Waals surface area contributed by atoms with E-state index in [2.05, 4.69) is 26.9 Å². The summed E-state index contributed by atoms with van der Waals surface area (Å²) in [6, 6.07) is -0.0706. The first-order chi connectivity index (χ1) is 9.88. The van der Waals surface area contributed by atoms with E-state index < -0.39 is 10.0 Å². The van der Waals surface area contributed by atoms with Crippen LogP contribution in [0.5, 0.6) is 0 Å². The first-order valence-corrected chi connectivity index (χ1v) is 10.1. The van der Waals surface area contributed by atoms with Crippen molar-refractivity contribution in [2.45, 2.75) is 38.5 Å². The molecule has 9 heteroatoms. The Morgan fingerprint density at radius 3 is 2.68 bits per heavy atom. The molecular weight excluding hydrogens is 435 g/mol.